The van der Waals surface area contributed by atoms with E-state index in [-0.39, 0.29) is 13.0 Å². The van der Waals surface area contributed by atoms with E-state index in [2.05, 4.69) is 5.32 Å². The van der Waals surface area contributed by atoms with E-state index < -0.39 is 59.4 Å². The lowest BCUT2D eigenvalue weighted by Crippen LogP contribution is -2.46. The van der Waals surface area contributed by atoms with Crippen LogP contribution in [-0.4, -0.2) is 65.2 Å². The number of carbonyl (C=O) groups excluding carboxylic acids is 3. The Labute approximate surface area is 183 Å². The second kappa shape index (κ2) is 9.93. The fraction of sp³-hybridized carbons (Fsp3) is 0.857. The summed E-state index contributed by atoms with van der Waals surface area (Å²) in [7, 11) is 0. The normalized spacial score (nSPS) is 24.2. The Bertz CT molecular complexity index is 643. The third kappa shape index (κ3) is 10.6. The summed E-state index contributed by atoms with van der Waals surface area (Å²) < 4.78 is 26.0. The van der Waals surface area contributed by atoms with Crippen molar-refractivity contribution in [2.75, 3.05) is 6.61 Å². The van der Waals surface area contributed by atoms with Gasteiger partial charge in [0.2, 0.25) is 0 Å². The van der Waals surface area contributed by atoms with Gasteiger partial charge in [-0.05, 0) is 68.7 Å². The largest absolute Gasteiger partial charge is 0.509 e. The monoisotopic (exact) mass is 447 g/mol. The van der Waals surface area contributed by atoms with E-state index in [1.54, 1.807) is 62.3 Å². The van der Waals surface area contributed by atoms with Crippen LogP contribution in [0.1, 0.15) is 68.7 Å². The molecule has 0 aromatic rings. The van der Waals surface area contributed by atoms with Crippen LogP contribution in [0.2, 0.25) is 0 Å². The number of hydrogen-bond acceptors (Lipinski definition) is 9. The molecular formula is C21H37NO9. The van der Waals surface area contributed by atoms with E-state index in [4.69, 9.17) is 23.7 Å². The van der Waals surface area contributed by atoms with Crippen LogP contribution in [0.25, 0.3) is 0 Å². The van der Waals surface area contributed by atoms with Crippen LogP contribution in [0.15, 0.2) is 0 Å². The van der Waals surface area contributed by atoms with Crippen molar-refractivity contribution in [3.05, 3.63) is 0 Å². The third-order valence-corrected chi connectivity index (χ3v) is 3.90. The highest BCUT2D eigenvalue weighted by Crippen LogP contribution is 2.31. The Hall–Kier alpha value is -2.23. The van der Waals surface area contributed by atoms with Crippen LogP contribution in [0.5, 0.6) is 0 Å². The van der Waals surface area contributed by atoms with Gasteiger partial charge in [0.1, 0.15) is 35.6 Å². The number of amides is 1. The summed E-state index contributed by atoms with van der Waals surface area (Å²) in [5.74, 6) is -0.602. The highest BCUT2D eigenvalue weighted by molar-refractivity contribution is 5.68. The van der Waals surface area contributed by atoms with E-state index >= 15 is 0 Å². The van der Waals surface area contributed by atoms with Crippen molar-refractivity contribution in [2.45, 2.75) is 104 Å². The number of aliphatic hydroxyl groups excluding tert-OH is 1. The van der Waals surface area contributed by atoms with E-state index in [1.165, 1.54) is 0 Å². The van der Waals surface area contributed by atoms with Gasteiger partial charge in [0, 0.05) is 5.92 Å². The smallest absolute Gasteiger partial charge is 0.444 e. The van der Waals surface area contributed by atoms with Crippen LogP contribution in [0.4, 0.5) is 14.4 Å². The molecule has 2 N–H and O–H groups in total. The Kier molecular flexibility index (Phi) is 8.59. The fourth-order valence-electron chi connectivity index (χ4n) is 2.88. The van der Waals surface area contributed by atoms with Crippen LogP contribution in [0.3, 0.4) is 0 Å². The molecule has 4 atom stereocenters. The second-order valence-electron chi connectivity index (χ2n) is 10.6. The van der Waals surface area contributed by atoms with Gasteiger partial charge in [-0.3, -0.25) is 0 Å². The van der Waals surface area contributed by atoms with Crippen LogP contribution >= 0.6 is 0 Å². The molecule has 10 nitrogen and oxygen atoms in total. The number of alkyl carbamates (subject to hydrolysis) is 1. The molecule has 1 fully saturated rings. The fourth-order valence-corrected chi connectivity index (χ4v) is 2.88. The number of aliphatic hydroxyl groups is 1. The Morgan fingerprint density at radius 3 is 1.81 bits per heavy atom. The average molecular weight is 448 g/mol. The number of hydrogen-bond donors (Lipinski definition) is 2. The quantitative estimate of drug-likeness (QED) is 0.491. The Morgan fingerprint density at radius 2 is 1.32 bits per heavy atom. The molecule has 0 heterocycles. The molecule has 180 valence electrons. The molecule has 1 aliphatic rings. The van der Waals surface area contributed by atoms with Crippen LogP contribution in [-0.2, 0) is 23.7 Å². The Morgan fingerprint density at radius 1 is 0.839 bits per heavy atom. The molecule has 0 aliphatic heterocycles. The summed E-state index contributed by atoms with van der Waals surface area (Å²) in [5.41, 5.74) is -2.25. The standard InChI is InChI=1S/C21H37NO9/c1-19(2,3)29-16(24)22-13-10-12(11-27-17(25)30-20(4,5)6)15(14(13)23)28-18(26)31-21(7,8)9/h12-15,23H,10-11H2,1-9H3,(H,22,24)/t12?,13-,14-,15?/m1/s1. The highest BCUT2D eigenvalue weighted by Gasteiger charge is 2.47. The lowest BCUT2D eigenvalue weighted by molar-refractivity contribution is -0.0731. The van der Waals surface area contributed by atoms with Gasteiger partial charge in [-0.25, -0.2) is 14.4 Å². The Balaban J connectivity index is 2.86. The zero-order chi connectivity index (χ0) is 24.2. The predicted molar refractivity (Wildman–Crippen MR) is 111 cm³/mol. The summed E-state index contributed by atoms with van der Waals surface area (Å²) in [6.07, 6.45) is -4.74. The number of rotatable bonds is 4. The maximum atomic E-state index is 12.1. The zero-order valence-electron chi connectivity index (χ0n) is 19.9. The predicted octanol–water partition coefficient (Wildman–Crippen LogP) is 3.53. The lowest BCUT2D eigenvalue weighted by atomic mass is 10.1. The van der Waals surface area contributed by atoms with Crippen molar-refractivity contribution in [3.8, 4) is 0 Å². The molecule has 0 aromatic heterocycles. The zero-order valence-corrected chi connectivity index (χ0v) is 19.9. The SMILES string of the molecule is CC(C)(C)OC(=O)N[C@@H]1CC(COC(=O)OC(C)(C)C)C(OC(=O)OC(C)(C)C)[C@@H]1O. The van der Waals surface area contributed by atoms with E-state index in [9.17, 15) is 19.5 Å². The van der Waals surface area contributed by atoms with Crippen molar-refractivity contribution in [1.29, 1.82) is 0 Å². The minimum absolute atomic E-state index is 0.177. The van der Waals surface area contributed by atoms with Crippen LogP contribution in [0, 0.1) is 5.92 Å². The minimum Gasteiger partial charge on any atom is -0.444 e. The summed E-state index contributed by atoms with van der Waals surface area (Å²) in [5, 5.41) is 13.3. The average Bonchev–Trinajstić information content (AvgIpc) is 2.76. The van der Waals surface area contributed by atoms with Crippen molar-refractivity contribution in [3.63, 3.8) is 0 Å². The van der Waals surface area contributed by atoms with Crippen molar-refractivity contribution < 1.29 is 43.2 Å². The lowest BCUT2D eigenvalue weighted by Gasteiger charge is -2.26. The van der Waals surface area contributed by atoms with Gasteiger partial charge in [0.15, 0.2) is 0 Å². The molecule has 10 heteroatoms. The maximum absolute atomic E-state index is 12.1. The third-order valence-electron chi connectivity index (χ3n) is 3.90. The maximum Gasteiger partial charge on any atom is 0.509 e. The van der Waals surface area contributed by atoms with E-state index in [0.717, 1.165) is 0 Å². The molecule has 1 rings (SSSR count). The van der Waals surface area contributed by atoms with Crippen LogP contribution < -0.4 is 5.32 Å². The van der Waals surface area contributed by atoms with Gasteiger partial charge < -0.3 is 34.1 Å². The van der Waals surface area contributed by atoms with E-state index in [1.807, 2.05) is 0 Å². The van der Waals surface area contributed by atoms with Gasteiger partial charge in [-0.2, -0.15) is 0 Å². The molecule has 0 saturated heterocycles. The first-order valence-corrected chi connectivity index (χ1v) is 10.3. The first kappa shape index (κ1) is 26.8. The summed E-state index contributed by atoms with van der Waals surface area (Å²) >= 11 is 0. The first-order chi connectivity index (χ1) is 13.9. The molecule has 0 bridgehead atoms. The molecule has 0 aromatic carbocycles. The number of carbonyl (C=O) groups is 3. The number of nitrogens with one attached hydrogen (secondary N) is 1. The topological polar surface area (TPSA) is 130 Å². The minimum atomic E-state index is -1.26. The molecule has 1 aliphatic carbocycles. The summed E-state index contributed by atoms with van der Waals surface area (Å²) in [6, 6.07) is -0.783. The molecule has 31 heavy (non-hydrogen) atoms. The van der Waals surface area contributed by atoms with Gasteiger partial charge in [-0.15, -0.1) is 0 Å². The van der Waals surface area contributed by atoms with Gasteiger partial charge in [-0.1, -0.05) is 0 Å². The van der Waals surface area contributed by atoms with Crippen molar-refractivity contribution in [1.82, 2.24) is 5.32 Å². The summed E-state index contributed by atoms with van der Waals surface area (Å²) in [4.78, 5) is 36.2. The molecular weight excluding hydrogens is 410 g/mol. The van der Waals surface area contributed by atoms with Gasteiger partial charge in [0.05, 0.1) is 6.04 Å². The second-order valence-corrected chi connectivity index (χ2v) is 10.6. The first-order valence-electron chi connectivity index (χ1n) is 10.3. The summed E-state index contributed by atoms with van der Waals surface area (Å²) in [6.45, 7) is 15.1. The van der Waals surface area contributed by atoms with Crippen molar-refractivity contribution >= 4 is 18.4 Å². The highest BCUT2D eigenvalue weighted by atomic mass is 16.7. The van der Waals surface area contributed by atoms with Gasteiger partial charge in [0.25, 0.3) is 0 Å². The molecule has 1 saturated carbocycles. The molecule has 0 radical (unpaired) electrons. The number of ether oxygens (including phenoxy) is 5. The molecule has 0 spiro atoms. The molecule has 1 amide bonds. The van der Waals surface area contributed by atoms with Crippen molar-refractivity contribution in [2.24, 2.45) is 5.92 Å². The van der Waals surface area contributed by atoms with Gasteiger partial charge >= 0.3 is 18.4 Å². The van der Waals surface area contributed by atoms with E-state index in [0.29, 0.717) is 0 Å². The molecule has 2 unspecified atom stereocenters.